The van der Waals surface area contributed by atoms with Crippen molar-refractivity contribution in [2.24, 2.45) is 0 Å². The number of nitro benzene ring substituents is 1. The van der Waals surface area contributed by atoms with Gasteiger partial charge in [-0.05, 0) is 25.1 Å². The predicted octanol–water partition coefficient (Wildman–Crippen LogP) is 3.18. The topological polar surface area (TPSA) is 63.5 Å². The molecule has 1 amide bonds. The smallest absolute Gasteiger partial charge is 0.271 e. The maximum atomic E-state index is 12.3. The molecule has 5 nitrogen and oxygen atoms in total. The summed E-state index contributed by atoms with van der Waals surface area (Å²) in [5.41, 5.74) is 2.07. The number of carbonyl (C=O) groups excluding carboxylic acids is 1. The van der Waals surface area contributed by atoms with Gasteiger partial charge in [0.05, 0.1) is 10.6 Å². The highest BCUT2D eigenvalue weighted by atomic mass is 16.6. The van der Waals surface area contributed by atoms with E-state index in [1.165, 1.54) is 17.0 Å². The van der Waals surface area contributed by atoms with E-state index in [9.17, 15) is 14.9 Å². The first kappa shape index (κ1) is 13.7. The molecule has 20 heavy (non-hydrogen) atoms. The lowest BCUT2D eigenvalue weighted by Gasteiger charge is -2.17. The highest BCUT2D eigenvalue weighted by molar-refractivity contribution is 6.05. The van der Waals surface area contributed by atoms with Crippen LogP contribution in [0.3, 0.4) is 0 Å². The van der Waals surface area contributed by atoms with E-state index in [-0.39, 0.29) is 11.6 Å². The molecule has 102 valence electrons. The van der Waals surface area contributed by atoms with E-state index in [0.29, 0.717) is 11.3 Å². The molecule has 2 rings (SSSR count). The van der Waals surface area contributed by atoms with Crippen LogP contribution in [0.25, 0.3) is 0 Å². The number of hydrogen-bond donors (Lipinski definition) is 0. The van der Waals surface area contributed by atoms with Crippen molar-refractivity contribution in [1.29, 1.82) is 0 Å². The first-order chi connectivity index (χ1) is 9.49. The molecule has 0 atom stereocenters. The third kappa shape index (κ3) is 2.83. The number of carbonyl (C=O) groups is 1. The summed E-state index contributed by atoms with van der Waals surface area (Å²) >= 11 is 0. The predicted molar refractivity (Wildman–Crippen MR) is 77.0 cm³/mol. The molecule has 0 saturated carbocycles. The second-order valence-corrected chi connectivity index (χ2v) is 4.51. The van der Waals surface area contributed by atoms with Gasteiger partial charge in [0.15, 0.2) is 0 Å². The van der Waals surface area contributed by atoms with E-state index in [2.05, 4.69) is 0 Å². The number of amides is 1. The molecule has 0 unspecified atom stereocenters. The van der Waals surface area contributed by atoms with Crippen molar-refractivity contribution < 1.29 is 9.72 Å². The van der Waals surface area contributed by atoms with Crippen molar-refractivity contribution in [3.63, 3.8) is 0 Å². The van der Waals surface area contributed by atoms with E-state index in [1.807, 2.05) is 19.1 Å². The van der Waals surface area contributed by atoms with Gasteiger partial charge in [0.2, 0.25) is 0 Å². The van der Waals surface area contributed by atoms with Crippen LogP contribution in [0.1, 0.15) is 15.9 Å². The molecule has 5 heteroatoms. The third-order valence-electron chi connectivity index (χ3n) is 3.03. The van der Waals surface area contributed by atoms with Crippen LogP contribution in [0, 0.1) is 17.0 Å². The van der Waals surface area contributed by atoms with E-state index in [4.69, 9.17) is 0 Å². The molecule has 0 saturated heterocycles. The molecule has 0 aromatic heterocycles. The third-order valence-corrected chi connectivity index (χ3v) is 3.03. The van der Waals surface area contributed by atoms with Gasteiger partial charge in [0.1, 0.15) is 0 Å². The number of nitrogens with zero attached hydrogens (tertiary/aromatic N) is 2. The Morgan fingerprint density at radius 1 is 1.15 bits per heavy atom. The Kier molecular flexibility index (Phi) is 3.79. The average Bonchev–Trinajstić information content (AvgIpc) is 2.46. The maximum absolute atomic E-state index is 12.3. The summed E-state index contributed by atoms with van der Waals surface area (Å²) in [6.07, 6.45) is 0. The fourth-order valence-corrected chi connectivity index (χ4v) is 1.82. The van der Waals surface area contributed by atoms with Gasteiger partial charge in [0.25, 0.3) is 11.6 Å². The van der Waals surface area contributed by atoms with Crippen molar-refractivity contribution in [1.82, 2.24) is 0 Å². The highest BCUT2D eigenvalue weighted by Gasteiger charge is 2.15. The Balaban J connectivity index is 2.28. The minimum absolute atomic E-state index is 0.0361. The molecule has 0 radical (unpaired) electrons. The summed E-state index contributed by atoms with van der Waals surface area (Å²) in [5.74, 6) is -0.203. The molecule has 0 spiro atoms. The monoisotopic (exact) mass is 270 g/mol. The summed E-state index contributed by atoms with van der Waals surface area (Å²) in [6.45, 7) is 1.94. The molecule has 0 bridgehead atoms. The van der Waals surface area contributed by atoms with Crippen LogP contribution in [0.15, 0.2) is 48.5 Å². The number of nitro groups is 1. The number of hydrogen-bond acceptors (Lipinski definition) is 3. The summed E-state index contributed by atoms with van der Waals surface area (Å²) < 4.78 is 0. The van der Waals surface area contributed by atoms with Gasteiger partial charge in [-0.15, -0.1) is 0 Å². The molecule has 0 heterocycles. The zero-order valence-corrected chi connectivity index (χ0v) is 11.2. The molecule has 0 aliphatic heterocycles. The zero-order chi connectivity index (χ0) is 14.7. The lowest BCUT2D eigenvalue weighted by Crippen LogP contribution is -2.26. The maximum Gasteiger partial charge on any atom is 0.271 e. The summed E-state index contributed by atoms with van der Waals surface area (Å²) in [6, 6.07) is 13.2. The fourth-order valence-electron chi connectivity index (χ4n) is 1.82. The second-order valence-electron chi connectivity index (χ2n) is 4.51. The van der Waals surface area contributed by atoms with Crippen LogP contribution in [0.5, 0.6) is 0 Å². The van der Waals surface area contributed by atoms with Crippen molar-refractivity contribution in [3.8, 4) is 0 Å². The number of anilines is 1. The molecule has 0 fully saturated rings. The lowest BCUT2D eigenvalue weighted by atomic mass is 10.1. The molecule has 2 aromatic rings. The number of benzene rings is 2. The van der Waals surface area contributed by atoms with Gasteiger partial charge < -0.3 is 4.90 Å². The van der Waals surface area contributed by atoms with Gasteiger partial charge >= 0.3 is 0 Å². The molecular formula is C15H14N2O3. The minimum atomic E-state index is -0.478. The van der Waals surface area contributed by atoms with Crippen molar-refractivity contribution >= 4 is 17.3 Å². The van der Waals surface area contributed by atoms with Crippen molar-refractivity contribution in [2.45, 2.75) is 6.92 Å². The van der Waals surface area contributed by atoms with Crippen LogP contribution >= 0.6 is 0 Å². The summed E-state index contributed by atoms with van der Waals surface area (Å²) in [4.78, 5) is 24.0. The Labute approximate surface area is 116 Å². The molecular weight excluding hydrogens is 256 g/mol. The minimum Gasteiger partial charge on any atom is -0.311 e. The van der Waals surface area contributed by atoms with Crippen LogP contribution in [-0.2, 0) is 0 Å². The Bertz CT molecular complexity index is 650. The quantitative estimate of drug-likeness (QED) is 0.635. The van der Waals surface area contributed by atoms with Crippen LogP contribution in [0.2, 0.25) is 0 Å². The number of non-ortho nitro benzene ring substituents is 1. The van der Waals surface area contributed by atoms with Crippen molar-refractivity contribution in [2.75, 3.05) is 11.9 Å². The van der Waals surface area contributed by atoms with Crippen LogP contribution in [0.4, 0.5) is 11.4 Å². The van der Waals surface area contributed by atoms with Crippen LogP contribution in [-0.4, -0.2) is 17.9 Å². The molecule has 0 N–H and O–H groups in total. The van der Waals surface area contributed by atoms with Crippen LogP contribution < -0.4 is 4.90 Å². The highest BCUT2D eigenvalue weighted by Crippen LogP contribution is 2.21. The standard InChI is InChI=1S/C15H14N2O3/c1-11-6-8-12(9-7-11)15(18)16(2)13-4-3-5-14(10-13)17(19)20/h3-10H,1-2H3. The Morgan fingerprint density at radius 3 is 2.40 bits per heavy atom. The van der Waals surface area contributed by atoms with E-state index < -0.39 is 4.92 Å². The summed E-state index contributed by atoms with van der Waals surface area (Å²) in [5, 5.41) is 10.8. The first-order valence-corrected chi connectivity index (χ1v) is 6.08. The zero-order valence-electron chi connectivity index (χ0n) is 11.2. The van der Waals surface area contributed by atoms with E-state index in [1.54, 1.807) is 31.3 Å². The number of rotatable bonds is 3. The molecule has 0 aliphatic carbocycles. The van der Waals surface area contributed by atoms with Gasteiger partial charge in [-0.1, -0.05) is 23.8 Å². The Morgan fingerprint density at radius 2 is 1.80 bits per heavy atom. The average molecular weight is 270 g/mol. The van der Waals surface area contributed by atoms with Gasteiger partial charge in [-0.25, -0.2) is 0 Å². The largest absolute Gasteiger partial charge is 0.311 e. The summed E-state index contributed by atoms with van der Waals surface area (Å²) in [7, 11) is 1.60. The van der Waals surface area contributed by atoms with Gasteiger partial charge in [0, 0.05) is 24.7 Å². The fraction of sp³-hybridized carbons (Fsp3) is 0.133. The second kappa shape index (κ2) is 5.52. The van der Waals surface area contributed by atoms with E-state index in [0.717, 1.165) is 5.56 Å². The normalized spacial score (nSPS) is 10.1. The molecule has 2 aromatic carbocycles. The number of aryl methyl sites for hydroxylation is 1. The Hall–Kier alpha value is -2.69. The SMILES string of the molecule is Cc1ccc(C(=O)N(C)c2cccc([N+](=O)[O-])c2)cc1. The van der Waals surface area contributed by atoms with E-state index >= 15 is 0 Å². The first-order valence-electron chi connectivity index (χ1n) is 6.08. The molecule has 0 aliphatic rings. The lowest BCUT2D eigenvalue weighted by molar-refractivity contribution is -0.384. The van der Waals surface area contributed by atoms with Gasteiger partial charge in [-0.2, -0.15) is 0 Å². The van der Waals surface area contributed by atoms with Crippen molar-refractivity contribution in [3.05, 3.63) is 69.8 Å². The van der Waals surface area contributed by atoms with Gasteiger partial charge in [-0.3, -0.25) is 14.9 Å².